The number of rotatable bonds is 5. The standard InChI is InChI=1S/C17H28N4OS.HI/c1-5-15-12-21(8-9-23-15)17(18-4)20-11-14-6-7-16(19-10-14)22-13(2)3;/h6-7,10,13,15H,5,8-9,11-12H2,1-4H3,(H,18,20);1H. The molecule has 5 nitrogen and oxygen atoms in total. The van der Waals surface area contributed by atoms with Gasteiger partial charge in [0.05, 0.1) is 6.10 Å². The maximum atomic E-state index is 5.57. The monoisotopic (exact) mass is 464 g/mol. The highest BCUT2D eigenvalue weighted by molar-refractivity contribution is 14.0. The minimum atomic E-state index is 0. The van der Waals surface area contributed by atoms with E-state index in [1.807, 2.05) is 39.2 Å². The Morgan fingerprint density at radius 1 is 1.50 bits per heavy atom. The second-order valence-electron chi connectivity index (χ2n) is 5.92. The topological polar surface area (TPSA) is 49.8 Å². The van der Waals surface area contributed by atoms with E-state index >= 15 is 0 Å². The van der Waals surface area contributed by atoms with Gasteiger partial charge in [-0.25, -0.2) is 4.98 Å². The second-order valence-corrected chi connectivity index (χ2v) is 7.33. The number of guanidine groups is 1. The van der Waals surface area contributed by atoms with E-state index in [0.717, 1.165) is 31.2 Å². The lowest BCUT2D eigenvalue weighted by Gasteiger charge is -2.34. The van der Waals surface area contributed by atoms with Gasteiger partial charge < -0.3 is 15.0 Å². The van der Waals surface area contributed by atoms with Crippen LogP contribution in [-0.4, -0.2) is 53.1 Å². The van der Waals surface area contributed by atoms with Gasteiger partial charge in [0, 0.05) is 49.9 Å². The average molecular weight is 464 g/mol. The third kappa shape index (κ3) is 6.66. The van der Waals surface area contributed by atoms with Crippen LogP contribution >= 0.6 is 35.7 Å². The van der Waals surface area contributed by atoms with E-state index in [4.69, 9.17) is 4.74 Å². The highest BCUT2D eigenvalue weighted by Crippen LogP contribution is 2.21. The Morgan fingerprint density at radius 2 is 2.29 bits per heavy atom. The van der Waals surface area contributed by atoms with Crippen LogP contribution in [0.5, 0.6) is 5.88 Å². The van der Waals surface area contributed by atoms with Gasteiger partial charge in [-0.2, -0.15) is 11.8 Å². The van der Waals surface area contributed by atoms with E-state index in [-0.39, 0.29) is 30.1 Å². The molecule has 136 valence electrons. The summed E-state index contributed by atoms with van der Waals surface area (Å²) in [7, 11) is 1.85. The van der Waals surface area contributed by atoms with Crippen molar-refractivity contribution in [3.63, 3.8) is 0 Å². The van der Waals surface area contributed by atoms with Crippen LogP contribution in [0, 0.1) is 0 Å². The lowest BCUT2D eigenvalue weighted by atomic mass is 10.3. The molecular weight excluding hydrogens is 435 g/mol. The van der Waals surface area contributed by atoms with Crippen LogP contribution in [0.4, 0.5) is 0 Å². The Kier molecular flexibility index (Phi) is 9.80. The van der Waals surface area contributed by atoms with Crippen LogP contribution in [0.25, 0.3) is 0 Å². The molecule has 0 radical (unpaired) electrons. The van der Waals surface area contributed by atoms with Crippen molar-refractivity contribution >= 4 is 41.7 Å². The number of ether oxygens (including phenoxy) is 1. The fourth-order valence-electron chi connectivity index (χ4n) is 2.50. The Morgan fingerprint density at radius 3 is 2.88 bits per heavy atom. The lowest BCUT2D eigenvalue weighted by Crippen LogP contribution is -2.47. The van der Waals surface area contributed by atoms with E-state index in [9.17, 15) is 0 Å². The first-order chi connectivity index (χ1) is 11.1. The van der Waals surface area contributed by atoms with Gasteiger partial charge in [0.25, 0.3) is 0 Å². The number of hydrogen-bond donors (Lipinski definition) is 1. The molecule has 0 saturated carbocycles. The predicted octanol–water partition coefficient (Wildman–Crippen LogP) is 3.39. The van der Waals surface area contributed by atoms with Gasteiger partial charge in [-0.15, -0.1) is 24.0 Å². The zero-order valence-corrected chi connectivity index (χ0v) is 18.1. The van der Waals surface area contributed by atoms with E-state index < -0.39 is 0 Å². The number of hydrogen-bond acceptors (Lipinski definition) is 4. The number of aromatic nitrogens is 1. The largest absolute Gasteiger partial charge is 0.475 e. The SMILES string of the molecule is CCC1CN(C(=NC)NCc2ccc(OC(C)C)nc2)CCS1.I. The van der Waals surface area contributed by atoms with Crippen molar-refractivity contribution in [1.29, 1.82) is 0 Å². The summed E-state index contributed by atoms with van der Waals surface area (Å²) in [6.07, 6.45) is 3.21. The smallest absolute Gasteiger partial charge is 0.213 e. The number of aliphatic imine (C=N–C) groups is 1. The van der Waals surface area contributed by atoms with Crippen molar-refractivity contribution in [3.8, 4) is 5.88 Å². The van der Waals surface area contributed by atoms with Crippen LogP contribution in [-0.2, 0) is 6.54 Å². The Balaban J connectivity index is 0.00000288. The van der Waals surface area contributed by atoms with E-state index in [1.54, 1.807) is 0 Å². The summed E-state index contributed by atoms with van der Waals surface area (Å²) in [6, 6.07) is 3.97. The molecule has 24 heavy (non-hydrogen) atoms. The van der Waals surface area contributed by atoms with Crippen molar-refractivity contribution in [2.45, 2.75) is 45.1 Å². The van der Waals surface area contributed by atoms with Crippen LogP contribution in [0.3, 0.4) is 0 Å². The van der Waals surface area contributed by atoms with Gasteiger partial charge in [0.1, 0.15) is 0 Å². The summed E-state index contributed by atoms with van der Waals surface area (Å²) >= 11 is 2.07. The molecule has 7 heteroatoms. The van der Waals surface area contributed by atoms with Crippen molar-refractivity contribution in [1.82, 2.24) is 15.2 Å². The summed E-state index contributed by atoms with van der Waals surface area (Å²) in [4.78, 5) is 11.1. The first-order valence-corrected chi connectivity index (χ1v) is 9.36. The maximum Gasteiger partial charge on any atom is 0.213 e. The lowest BCUT2D eigenvalue weighted by molar-refractivity contribution is 0.232. The van der Waals surface area contributed by atoms with Crippen molar-refractivity contribution < 1.29 is 4.74 Å². The molecule has 2 heterocycles. The second kappa shape index (κ2) is 11.0. The molecule has 0 spiro atoms. The fourth-order valence-corrected chi connectivity index (χ4v) is 3.68. The summed E-state index contributed by atoms with van der Waals surface area (Å²) in [5.74, 6) is 2.82. The summed E-state index contributed by atoms with van der Waals surface area (Å²) < 4.78 is 5.57. The molecule has 0 amide bonds. The summed E-state index contributed by atoms with van der Waals surface area (Å²) in [5, 5.41) is 4.15. The van der Waals surface area contributed by atoms with Crippen molar-refractivity contribution in [2.75, 3.05) is 25.9 Å². The average Bonchev–Trinajstić information content (AvgIpc) is 2.56. The summed E-state index contributed by atoms with van der Waals surface area (Å²) in [6.45, 7) is 9.11. The fraction of sp³-hybridized carbons (Fsp3) is 0.647. The van der Waals surface area contributed by atoms with Gasteiger partial charge in [0.2, 0.25) is 5.88 Å². The van der Waals surface area contributed by atoms with Crippen LogP contribution in [0.2, 0.25) is 0 Å². The highest BCUT2D eigenvalue weighted by atomic mass is 127. The van der Waals surface area contributed by atoms with Gasteiger partial charge in [-0.1, -0.05) is 13.0 Å². The Bertz CT molecular complexity index is 510. The quantitative estimate of drug-likeness (QED) is 0.412. The zero-order chi connectivity index (χ0) is 16.7. The third-order valence-corrected chi connectivity index (χ3v) is 5.08. The van der Waals surface area contributed by atoms with Crippen LogP contribution in [0.15, 0.2) is 23.3 Å². The molecular formula is C17H29IN4OS. The third-order valence-electron chi connectivity index (χ3n) is 3.71. The van der Waals surface area contributed by atoms with Gasteiger partial charge >= 0.3 is 0 Å². The first kappa shape index (κ1) is 21.3. The maximum absolute atomic E-state index is 5.57. The molecule has 1 saturated heterocycles. The molecule has 1 unspecified atom stereocenters. The van der Waals surface area contributed by atoms with E-state index in [1.165, 1.54) is 12.2 Å². The molecule has 0 aromatic carbocycles. The molecule has 1 aromatic heterocycles. The van der Waals surface area contributed by atoms with Crippen molar-refractivity contribution in [3.05, 3.63) is 23.9 Å². The molecule has 2 rings (SSSR count). The van der Waals surface area contributed by atoms with Crippen LogP contribution < -0.4 is 10.1 Å². The van der Waals surface area contributed by atoms with Gasteiger partial charge in [0.15, 0.2) is 5.96 Å². The molecule has 1 fully saturated rings. The minimum absolute atomic E-state index is 0. The number of halogens is 1. The molecule has 1 atom stereocenters. The van der Waals surface area contributed by atoms with Crippen LogP contribution in [0.1, 0.15) is 32.8 Å². The predicted molar refractivity (Wildman–Crippen MR) is 114 cm³/mol. The number of thioether (sulfide) groups is 1. The molecule has 0 aliphatic carbocycles. The van der Waals surface area contributed by atoms with Crippen molar-refractivity contribution in [2.24, 2.45) is 4.99 Å². The molecule has 1 aliphatic rings. The van der Waals surface area contributed by atoms with Gasteiger partial charge in [-0.05, 0) is 25.8 Å². The Hall–Kier alpha value is -0.700. The highest BCUT2D eigenvalue weighted by Gasteiger charge is 2.21. The molecule has 1 aromatic rings. The molecule has 1 N–H and O–H groups in total. The number of pyridine rings is 1. The number of nitrogens with zero attached hydrogens (tertiary/aromatic N) is 3. The minimum Gasteiger partial charge on any atom is -0.475 e. The summed E-state index contributed by atoms with van der Waals surface area (Å²) in [5.41, 5.74) is 1.13. The zero-order valence-electron chi connectivity index (χ0n) is 15.0. The Labute approximate surface area is 167 Å². The molecule has 0 bridgehead atoms. The van der Waals surface area contributed by atoms with E-state index in [0.29, 0.717) is 11.1 Å². The normalized spacial score (nSPS) is 18.3. The molecule has 1 aliphatic heterocycles. The first-order valence-electron chi connectivity index (χ1n) is 8.31. The number of nitrogens with one attached hydrogen (secondary N) is 1. The van der Waals surface area contributed by atoms with Gasteiger partial charge in [-0.3, -0.25) is 4.99 Å². The van der Waals surface area contributed by atoms with E-state index in [2.05, 4.69) is 38.9 Å².